The lowest BCUT2D eigenvalue weighted by Crippen LogP contribution is -2.40. The summed E-state index contributed by atoms with van der Waals surface area (Å²) in [6, 6.07) is 0. The molecule has 2 aliphatic carbocycles. The first-order valence-corrected chi connectivity index (χ1v) is 7.87. The molecule has 3 rings (SSSR count). The molecule has 1 saturated heterocycles. The first-order valence-electron chi connectivity index (χ1n) is 7.87. The second-order valence-electron chi connectivity index (χ2n) is 7.54. The molecule has 4 heteroatoms. The first-order chi connectivity index (χ1) is 9.35. The van der Waals surface area contributed by atoms with Gasteiger partial charge in [-0.05, 0) is 52.4 Å². The fourth-order valence-electron chi connectivity index (χ4n) is 3.69. The largest absolute Gasteiger partial charge is 0.460 e. The van der Waals surface area contributed by atoms with Crippen molar-refractivity contribution in [2.24, 2.45) is 11.3 Å². The molecule has 2 saturated carbocycles. The van der Waals surface area contributed by atoms with E-state index in [1.807, 2.05) is 20.8 Å². The van der Waals surface area contributed by atoms with Crippen LogP contribution in [0.15, 0.2) is 0 Å². The Balaban J connectivity index is 1.61. The summed E-state index contributed by atoms with van der Waals surface area (Å²) in [6.07, 6.45) is 5.84. The molecule has 114 valence electrons. The minimum atomic E-state index is -0.389. The SMILES string of the molecule is CC(C)(C)OC(=O)C1(C2CCC3(CC2)OCCO3)CC1. The Morgan fingerprint density at radius 2 is 1.60 bits per heavy atom. The van der Waals surface area contributed by atoms with Crippen LogP contribution in [-0.2, 0) is 19.0 Å². The van der Waals surface area contributed by atoms with Crippen molar-refractivity contribution in [3.63, 3.8) is 0 Å². The van der Waals surface area contributed by atoms with Gasteiger partial charge >= 0.3 is 5.97 Å². The van der Waals surface area contributed by atoms with Gasteiger partial charge in [0.2, 0.25) is 0 Å². The molecule has 0 aromatic heterocycles. The normalized spacial score (nSPS) is 28.6. The Morgan fingerprint density at radius 1 is 1.05 bits per heavy atom. The smallest absolute Gasteiger partial charge is 0.312 e. The van der Waals surface area contributed by atoms with E-state index in [-0.39, 0.29) is 22.8 Å². The highest BCUT2D eigenvalue weighted by Gasteiger charge is 2.59. The van der Waals surface area contributed by atoms with Gasteiger partial charge in [-0.25, -0.2) is 0 Å². The molecule has 3 aliphatic rings. The summed E-state index contributed by atoms with van der Waals surface area (Å²) in [5.41, 5.74) is -0.590. The third-order valence-corrected chi connectivity index (χ3v) is 4.94. The van der Waals surface area contributed by atoms with Crippen LogP contribution in [0.4, 0.5) is 0 Å². The number of ether oxygens (including phenoxy) is 3. The molecule has 20 heavy (non-hydrogen) atoms. The third-order valence-electron chi connectivity index (χ3n) is 4.94. The lowest BCUT2D eigenvalue weighted by Gasteiger charge is -2.38. The van der Waals surface area contributed by atoms with E-state index < -0.39 is 0 Å². The van der Waals surface area contributed by atoms with Crippen molar-refractivity contribution >= 4 is 5.97 Å². The Hall–Kier alpha value is -0.610. The molecular formula is C16H26O4. The Labute approximate surface area is 121 Å². The van der Waals surface area contributed by atoms with Crippen LogP contribution in [0.25, 0.3) is 0 Å². The second-order valence-corrected chi connectivity index (χ2v) is 7.54. The molecular weight excluding hydrogens is 256 g/mol. The third kappa shape index (κ3) is 2.60. The summed E-state index contributed by atoms with van der Waals surface area (Å²) < 4.78 is 17.2. The van der Waals surface area contributed by atoms with E-state index in [1.165, 1.54) is 0 Å². The van der Waals surface area contributed by atoms with Crippen molar-refractivity contribution in [3.05, 3.63) is 0 Å². The average Bonchev–Trinajstić information content (AvgIpc) is 3.05. The van der Waals surface area contributed by atoms with Gasteiger partial charge in [0.05, 0.1) is 18.6 Å². The van der Waals surface area contributed by atoms with E-state index in [2.05, 4.69) is 0 Å². The van der Waals surface area contributed by atoms with Crippen molar-refractivity contribution in [3.8, 4) is 0 Å². The summed E-state index contributed by atoms with van der Waals surface area (Å²) in [6.45, 7) is 7.24. The van der Waals surface area contributed by atoms with E-state index >= 15 is 0 Å². The number of hydrogen-bond acceptors (Lipinski definition) is 4. The molecule has 1 spiro atoms. The lowest BCUT2D eigenvalue weighted by atomic mass is 9.75. The van der Waals surface area contributed by atoms with E-state index in [0.717, 1.165) is 38.5 Å². The summed E-state index contributed by atoms with van der Waals surface area (Å²) in [5.74, 6) is 0.121. The molecule has 0 atom stereocenters. The van der Waals surface area contributed by atoms with Crippen LogP contribution in [0.1, 0.15) is 59.3 Å². The molecule has 0 radical (unpaired) electrons. The molecule has 1 aliphatic heterocycles. The summed E-state index contributed by atoms with van der Waals surface area (Å²) in [4.78, 5) is 12.5. The van der Waals surface area contributed by atoms with Crippen molar-refractivity contribution in [1.29, 1.82) is 0 Å². The molecule has 0 amide bonds. The number of carbonyl (C=O) groups excluding carboxylic acids is 1. The minimum absolute atomic E-state index is 0.0132. The molecule has 0 bridgehead atoms. The maximum absolute atomic E-state index is 12.5. The van der Waals surface area contributed by atoms with Crippen molar-refractivity contribution in [2.75, 3.05) is 13.2 Å². The van der Waals surface area contributed by atoms with Gasteiger partial charge in [-0.15, -0.1) is 0 Å². The fraction of sp³-hybridized carbons (Fsp3) is 0.938. The van der Waals surface area contributed by atoms with Gasteiger partial charge in [-0.3, -0.25) is 4.79 Å². The second kappa shape index (κ2) is 4.70. The van der Waals surface area contributed by atoms with Crippen LogP contribution in [0.3, 0.4) is 0 Å². The van der Waals surface area contributed by atoms with E-state index in [0.29, 0.717) is 19.1 Å². The highest BCUT2D eigenvalue weighted by Crippen LogP contribution is 2.59. The predicted octanol–water partition coefficient (Wildman–Crippen LogP) is 3.04. The van der Waals surface area contributed by atoms with Crippen LogP contribution in [0.5, 0.6) is 0 Å². The quantitative estimate of drug-likeness (QED) is 0.730. The predicted molar refractivity (Wildman–Crippen MR) is 74.1 cm³/mol. The highest BCUT2D eigenvalue weighted by molar-refractivity contribution is 5.80. The number of rotatable bonds is 2. The van der Waals surface area contributed by atoms with E-state index in [1.54, 1.807) is 0 Å². The Kier molecular flexibility index (Phi) is 3.37. The number of hydrogen-bond donors (Lipinski definition) is 0. The molecule has 1 heterocycles. The van der Waals surface area contributed by atoms with E-state index in [9.17, 15) is 4.79 Å². The first kappa shape index (κ1) is 14.3. The molecule has 3 fully saturated rings. The Morgan fingerprint density at radius 3 is 2.05 bits per heavy atom. The van der Waals surface area contributed by atoms with Crippen LogP contribution in [0.2, 0.25) is 0 Å². The summed E-state index contributed by atoms with van der Waals surface area (Å²) in [5, 5.41) is 0. The van der Waals surface area contributed by atoms with Gasteiger partial charge in [-0.2, -0.15) is 0 Å². The van der Waals surface area contributed by atoms with Gasteiger partial charge in [-0.1, -0.05) is 0 Å². The minimum Gasteiger partial charge on any atom is -0.460 e. The maximum atomic E-state index is 12.5. The zero-order chi connectivity index (χ0) is 14.4. The van der Waals surface area contributed by atoms with Crippen LogP contribution < -0.4 is 0 Å². The summed E-state index contributed by atoms with van der Waals surface area (Å²) in [7, 11) is 0. The van der Waals surface area contributed by atoms with Crippen LogP contribution in [-0.4, -0.2) is 30.6 Å². The maximum Gasteiger partial charge on any atom is 0.312 e. The molecule has 0 aromatic rings. The molecule has 0 unspecified atom stereocenters. The highest BCUT2D eigenvalue weighted by atomic mass is 16.7. The van der Waals surface area contributed by atoms with Gasteiger partial charge in [0.25, 0.3) is 0 Å². The van der Waals surface area contributed by atoms with Crippen molar-refractivity contribution < 1.29 is 19.0 Å². The summed E-state index contributed by atoms with van der Waals surface area (Å²) >= 11 is 0. The van der Waals surface area contributed by atoms with Gasteiger partial charge in [0.15, 0.2) is 5.79 Å². The van der Waals surface area contributed by atoms with Crippen molar-refractivity contribution in [1.82, 2.24) is 0 Å². The lowest BCUT2D eigenvalue weighted by molar-refractivity contribution is -0.190. The average molecular weight is 282 g/mol. The standard InChI is InChI=1S/C16H26O4/c1-14(2,3)20-13(17)15(8-9-15)12-4-6-16(7-5-12)18-10-11-19-16/h12H,4-11H2,1-3H3. The molecule has 0 aromatic carbocycles. The number of esters is 1. The zero-order valence-electron chi connectivity index (χ0n) is 12.9. The molecule has 4 nitrogen and oxygen atoms in total. The zero-order valence-corrected chi connectivity index (χ0v) is 12.9. The van der Waals surface area contributed by atoms with E-state index in [4.69, 9.17) is 14.2 Å². The van der Waals surface area contributed by atoms with Gasteiger partial charge < -0.3 is 14.2 Å². The monoisotopic (exact) mass is 282 g/mol. The Bertz CT molecular complexity index is 376. The molecule has 0 N–H and O–H groups in total. The fourth-order valence-corrected chi connectivity index (χ4v) is 3.69. The van der Waals surface area contributed by atoms with Crippen LogP contribution >= 0.6 is 0 Å². The van der Waals surface area contributed by atoms with Crippen molar-refractivity contribution in [2.45, 2.75) is 70.7 Å². The number of carbonyl (C=O) groups is 1. The van der Waals surface area contributed by atoms with Crippen LogP contribution in [0, 0.1) is 11.3 Å². The van der Waals surface area contributed by atoms with Gasteiger partial charge in [0, 0.05) is 12.8 Å². The topological polar surface area (TPSA) is 44.8 Å². The van der Waals surface area contributed by atoms with Gasteiger partial charge in [0.1, 0.15) is 5.60 Å².